The molecule has 5 heteroatoms. The van der Waals surface area contributed by atoms with E-state index in [0.29, 0.717) is 11.2 Å². The maximum absolute atomic E-state index is 13.6. The summed E-state index contributed by atoms with van der Waals surface area (Å²) in [7, 11) is 0. The van der Waals surface area contributed by atoms with E-state index < -0.39 is 11.8 Å². The first kappa shape index (κ1) is 10.7. The number of aromatic nitrogens is 3. The molecule has 0 radical (unpaired) electrons. The number of hydrogen-bond acceptors (Lipinski definition) is 3. The molecule has 0 saturated heterocycles. The van der Waals surface area contributed by atoms with Gasteiger partial charge in [0.05, 0.1) is 17.4 Å². The molecule has 3 rings (SSSR count). The lowest BCUT2D eigenvalue weighted by Crippen LogP contribution is -1.94. The van der Waals surface area contributed by atoms with Crippen LogP contribution in [0.25, 0.3) is 22.2 Å². The van der Waals surface area contributed by atoms with E-state index in [1.165, 1.54) is 18.5 Å². The third-order valence-electron chi connectivity index (χ3n) is 2.61. The molecule has 0 amide bonds. The van der Waals surface area contributed by atoms with Gasteiger partial charge in [-0.05, 0) is 18.2 Å². The van der Waals surface area contributed by atoms with Gasteiger partial charge in [0.15, 0.2) is 5.82 Å². The van der Waals surface area contributed by atoms with Crippen molar-refractivity contribution in [1.29, 1.82) is 0 Å². The Balaban J connectivity index is 2.22. The topological polar surface area (TPSA) is 38.7 Å². The van der Waals surface area contributed by atoms with E-state index in [4.69, 9.17) is 0 Å². The Kier molecular flexibility index (Phi) is 2.44. The number of fused-ring (bicyclic) bond motifs is 1. The van der Waals surface area contributed by atoms with Gasteiger partial charge in [0.1, 0.15) is 0 Å². The first-order chi connectivity index (χ1) is 8.75. The normalized spacial score (nSPS) is 10.8. The summed E-state index contributed by atoms with van der Waals surface area (Å²) in [6, 6.07) is 6.67. The van der Waals surface area contributed by atoms with E-state index in [2.05, 4.69) is 15.0 Å². The Morgan fingerprint density at radius 2 is 1.83 bits per heavy atom. The number of hydrogen-bond donors (Lipinski definition) is 0. The van der Waals surface area contributed by atoms with Crippen molar-refractivity contribution >= 4 is 10.9 Å². The zero-order valence-electron chi connectivity index (χ0n) is 9.14. The summed E-state index contributed by atoms with van der Waals surface area (Å²) in [6.07, 6.45) is 4.39. The third kappa shape index (κ3) is 1.69. The van der Waals surface area contributed by atoms with Crippen molar-refractivity contribution in [2.75, 3.05) is 0 Å². The van der Waals surface area contributed by atoms with Crippen LogP contribution in [0.2, 0.25) is 0 Å². The summed E-state index contributed by atoms with van der Waals surface area (Å²) in [4.78, 5) is 11.4. The summed E-state index contributed by atoms with van der Waals surface area (Å²) >= 11 is 0. The van der Waals surface area contributed by atoms with Crippen LogP contribution in [0.15, 0.2) is 42.9 Å². The molecule has 0 saturated carbocycles. The molecule has 88 valence electrons. The quantitative estimate of drug-likeness (QED) is 0.617. The minimum Gasteiger partial charge on any atom is -0.255 e. The van der Waals surface area contributed by atoms with Crippen LogP contribution in [0.1, 0.15) is 0 Å². The highest BCUT2D eigenvalue weighted by atomic mass is 19.2. The van der Waals surface area contributed by atoms with Crippen LogP contribution >= 0.6 is 0 Å². The lowest BCUT2D eigenvalue weighted by Gasteiger charge is -2.04. The molecule has 0 bridgehead atoms. The van der Waals surface area contributed by atoms with E-state index in [0.717, 1.165) is 5.39 Å². The lowest BCUT2D eigenvalue weighted by atomic mass is 10.1. The maximum Gasteiger partial charge on any atom is 0.249 e. The molecule has 0 unspecified atom stereocenters. The van der Waals surface area contributed by atoms with Gasteiger partial charge in [-0.2, -0.15) is 4.39 Å². The average molecular weight is 243 g/mol. The highest BCUT2D eigenvalue weighted by molar-refractivity contribution is 5.81. The zero-order chi connectivity index (χ0) is 12.5. The minimum atomic E-state index is -1.12. The first-order valence-electron chi connectivity index (χ1n) is 5.27. The molecule has 3 nitrogen and oxygen atoms in total. The van der Waals surface area contributed by atoms with Crippen molar-refractivity contribution < 1.29 is 8.78 Å². The van der Waals surface area contributed by atoms with Gasteiger partial charge in [-0.25, -0.2) is 9.37 Å². The van der Waals surface area contributed by atoms with Crippen LogP contribution < -0.4 is 0 Å². The highest BCUT2D eigenvalue weighted by Crippen LogP contribution is 2.23. The summed E-state index contributed by atoms with van der Waals surface area (Å²) in [5.41, 5.74) is 1.15. The van der Waals surface area contributed by atoms with E-state index >= 15 is 0 Å². The molecule has 18 heavy (non-hydrogen) atoms. The van der Waals surface area contributed by atoms with E-state index in [1.54, 1.807) is 18.3 Å². The number of pyridine rings is 3. The summed E-state index contributed by atoms with van der Waals surface area (Å²) in [6.45, 7) is 0. The zero-order valence-corrected chi connectivity index (χ0v) is 9.14. The number of halogens is 2. The van der Waals surface area contributed by atoms with Gasteiger partial charge in [-0.3, -0.25) is 9.97 Å². The van der Waals surface area contributed by atoms with Gasteiger partial charge in [-0.1, -0.05) is 6.07 Å². The Morgan fingerprint density at radius 1 is 0.944 bits per heavy atom. The predicted molar refractivity (Wildman–Crippen MR) is 62.7 cm³/mol. The maximum atomic E-state index is 13.6. The molecule has 0 aliphatic carbocycles. The summed E-state index contributed by atoms with van der Waals surface area (Å²) in [5.74, 6) is -2.12. The van der Waals surface area contributed by atoms with Crippen molar-refractivity contribution in [3.8, 4) is 11.3 Å². The van der Waals surface area contributed by atoms with E-state index in [-0.39, 0.29) is 5.56 Å². The summed E-state index contributed by atoms with van der Waals surface area (Å²) < 4.78 is 26.6. The largest absolute Gasteiger partial charge is 0.255 e. The van der Waals surface area contributed by atoms with E-state index in [1.807, 2.05) is 6.07 Å². The Morgan fingerprint density at radius 3 is 2.72 bits per heavy atom. The molecule has 3 aromatic heterocycles. The second kappa shape index (κ2) is 4.10. The molecule has 0 fully saturated rings. The molecule has 3 aromatic rings. The second-order valence-electron chi connectivity index (χ2n) is 3.73. The molecule has 0 atom stereocenters. The van der Waals surface area contributed by atoms with Gasteiger partial charge in [-0.15, -0.1) is 0 Å². The van der Waals surface area contributed by atoms with Crippen molar-refractivity contribution in [2.45, 2.75) is 0 Å². The monoisotopic (exact) mass is 243 g/mol. The summed E-state index contributed by atoms with van der Waals surface area (Å²) in [5, 5.41) is 0.819. The molecular weight excluding hydrogens is 236 g/mol. The van der Waals surface area contributed by atoms with Crippen LogP contribution in [0.4, 0.5) is 8.78 Å². The Labute approximate surface area is 101 Å². The number of rotatable bonds is 1. The van der Waals surface area contributed by atoms with E-state index in [9.17, 15) is 8.78 Å². The molecular formula is C13H7F2N3. The SMILES string of the molecule is Fc1nccc(-c2cc3cccnc3cn2)c1F. The van der Waals surface area contributed by atoms with Crippen molar-refractivity contribution in [1.82, 2.24) is 15.0 Å². The van der Waals surface area contributed by atoms with Crippen LogP contribution in [0.5, 0.6) is 0 Å². The van der Waals surface area contributed by atoms with Crippen LogP contribution in [-0.4, -0.2) is 15.0 Å². The lowest BCUT2D eigenvalue weighted by molar-refractivity contribution is 0.481. The van der Waals surface area contributed by atoms with Gasteiger partial charge in [0.25, 0.3) is 0 Å². The fraction of sp³-hybridized carbons (Fsp3) is 0. The van der Waals surface area contributed by atoms with Crippen molar-refractivity contribution in [2.24, 2.45) is 0 Å². The standard InChI is InChI=1S/C13H7F2N3/c14-12-9(3-5-17-13(12)15)10-6-8-2-1-4-16-11(8)7-18-10/h1-7H. The number of nitrogens with zero attached hydrogens (tertiary/aromatic N) is 3. The third-order valence-corrected chi connectivity index (χ3v) is 2.61. The van der Waals surface area contributed by atoms with Crippen LogP contribution in [-0.2, 0) is 0 Å². The molecule has 0 aromatic carbocycles. The molecule has 0 aliphatic heterocycles. The van der Waals surface area contributed by atoms with Crippen LogP contribution in [0, 0.1) is 11.8 Å². The predicted octanol–water partition coefficient (Wildman–Crippen LogP) is 2.97. The molecule has 0 spiro atoms. The smallest absolute Gasteiger partial charge is 0.249 e. The fourth-order valence-electron chi connectivity index (χ4n) is 1.74. The first-order valence-corrected chi connectivity index (χ1v) is 5.27. The average Bonchev–Trinajstić information content (AvgIpc) is 2.41. The Hall–Kier alpha value is -2.43. The Bertz CT molecular complexity index is 728. The molecule has 0 N–H and O–H groups in total. The molecule has 0 aliphatic rings. The van der Waals surface area contributed by atoms with Gasteiger partial charge < -0.3 is 0 Å². The second-order valence-corrected chi connectivity index (χ2v) is 3.73. The van der Waals surface area contributed by atoms with Gasteiger partial charge >= 0.3 is 0 Å². The minimum absolute atomic E-state index is 0.0910. The van der Waals surface area contributed by atoms with Gasteiger partial charge in [0.2, 0.25) is 5.95 Å². The fourth-order valence-corrected chi connectivity index (χ4v) is 1.74. The van der Waals surface area contributed by atoms with Crippen molar-refractivity contribution in [3.63, 3.8) is 0 Å². The van der Waals surface area contributed by atoms with Crippen molar-refractivity contribution in [3.05, 3.63) is 54.6 Å². The molecule has 3 heterocycles. The van der Waals surface area contributed by atoms with Gasteiger partial charge in [0, 0.05) is 23.3 Å². The van der Waals surface area contributed by atoms with Crippen LogP contribution in [0.3, 0.4) is 0 Å². The highest BCUT2D eigenvalue weighted by Gasteiger charge is 2.12.